The molecule has 2 aromatic carbocycles. The van der Waals surface area contributed by atoms with Crippen molar-refractivity contribution in [3.8, 4) is 0 Å². The Balaban J connectivity index is 1.56. The number of carbonyl (C=O) groups is 3. The van der Waals surface area contributed by atoms with Gasteiger partial charge in [0.2, 0.25) is 10.0 Å². The number of nitrogens with zero attached hydrogens (tertiary/aromatic N) is 1. The first-order chi connectivity index (χ1) is 14.1. The number of nitrogens with two attached hydrogens (primary N) is 1. The van der Waals surface area contributed by atoms with E-state index in [2.05, 4.69) is 10.6 Å². The van der Waals surface area contributed by atoms with E-state index < -0.39 is 16.1 Å². The lowest BCUT2D eigenvalue weighted by Gasteiger charge is -2.17. The van der Waals surface area contributed by atoms with Gasteiger partial charge in [0.05, 0.1) is 16.0 Å². The minimum Gasteiger partial charge on any atom is -0.338 e. The highest BCUT2D eigenvalue weighted by Gasteiger charge is 2.37. The van der Waals surface area contributed by atoms with Crippen LogP contribution in [0.25, 0.3) is 0 Å². The van der Waals surface area contributed by atoms with Crippen molar-refractivity contribution in [3.63, 3.8) is 0 Å². The third-order valence-electron chi connectivity index (χ3n) is 4.64. The van der Waals surface area contributed by atoms with Crippen LogP contribution in [0.1, 0.15) is 40.1 Å². The Hall–Kier alpha value is -3.24. The minimum atomic E-state index is -3.74. The molecule has 0 radical (unpaired) electrons. The highest BCUT2D eigenvalue weighted by molar-refractivity contribution is 7.89. The topological polar surface area (TPSA) is 139 Å². The highest BCUT2D eigenvalue weighted by atomic mass is 32.2. The third kappa shape index (κ3) is 4.50. The maximum Gasteiger partial charge on any atom is 0.319 e. The lowest BCUT2D eigenvalue weighted by molar-refractivity contribution is 0.0609. The molecule has 0 atom stereocenters. The molecule has 9 nitrogen and oxygen atoms in total. The van der Waals surface area contributed by atoms with Crippen LogP contribution in [0.4, 0.5) is 10.5 Å². The second kappa shape index (κ2) is 8.25. The van der Waals surface area contributed by atoms with Crippen molar-refractivity contribution < 1.29 is 22.8 Å². The van der Waals surface area contributed by atoms with Crippen molar-refractivity contribution in [3.05, 3.63) is 59.2 Å². The van der Waals surface area contributed by atoms with E-state index in [0.717, 1.165) is 5.56 Å². The van der Waals surface area contributed by atoms with Gasteiger partial charge in [0, 0.05) is 18.3 Å². The first kappa shape index (κ1) is 21.5. The Kier molecular flexibility index (Phi) is 5.90. The van der Waals surface area contributed by atoms with Gasteiger partial charge in [-0.3, -0.25) is 14.5 Å². The fraction of sp³-hybridized carbons (Fsp3) is 0.250. The smallest absolute Gasteiger partial charge is 0.319 e. The van der Waals surface area contributed by atoms with Crippen molar-refractivity contribution in [1.82, 2.24) is 10.2 Å². The van der Waals surface area contributed by atoms with Gasteiger partial charge < -0.3 is 10.6 Å². The van der Waals surface area contributed by atoms with Crippen LogP contribution in [-0.4, -0.2) is 43.7 Å². The summed E-state index contributed by atoms with van der Waals surface area (Å²) < 4.78 is 22.5. The molecule has 4 amide bonds. The summed E-state index contributed by atoms with van der Waals surface area (Å²) in [6, 6.07) is 9.95. The van der Waals surface area contributed by atoms with Crippen LogP contribution < -0.4 is 15.8 Å². The molecule has 0 aromatic heterocycles. The maximum absolute atomic E-state index is 12.4. The molecular weight excluding hydrogens is 408 g/mol. The molecular formula is C20H22N4O5S. The van der Waals surface area contributed by atoms with Gasteiger partial charge in [0.25, 0.3) is 11.8 Å². The van der Waals surface area contributed by atoms with E-state index in [1.807, 2.05) is 0 Å². The monoisotopic (exact) mass is 430 g/mol. The van der Waals surface area contributed by atoms with Gasteiger partial charge in [0.15, 0.2) is 0 Å². The van der Waals surface area contributed by atoms with E-state index >= 15 is 0 Å². The minimum absolute atomic E-state index is 0.0256. The van der Waals surface area contributed by atoms with Gasteiger partial charge in [-0.25, -0.2) is 18.4 Å². The van der Waals surface area contributed by atoms with Crippen LogP contribution in [0.15, 0.2) is 47.4 Å². The van der Waals surface area contributed by atoms with E-state index in [1.54, 1.807) is 32.0 Å². The van der Waals surface area contributed by atoms with Crippen LogP contribution in [0.3, 0.4) is 0 Å². The number of primary sulfonamides is 1. The van der Waals surface area contributed by atoms with Crippen molar-refractivity contribution >= 4 is 33.6 Å². The number of amides is 4. The van der Waals surface area contributed by atoms with Crippen LogP contribution in [0.5, 0.6) is 0 Å². The Labute approximate surface area is 174 Å². The number of hydrogen-bond donors (Lipinski definition) is 3. The molecule has 1 aliphatic rings. The SMILES string of the molecule is CC(C)N1C(=O)c2ccc(NC(=O)NCCc3ccc(S(N)(=O)=O)cc3)cc2C1=O. The predicted molar refractivity (Wildman–Crippen MR) is 111 cm³/mol. The summed E-state index contributed by atoms with van der Waals surface area (Å²) in [6.45, 7) is 3.83. The van der Waals surface area contributed by atoms with E-state index in [1.165, 1.54) is 29.2 Å². The normalized spacial score (nSPS) is 13.5. The molecule has 0 spiro atoms. The summed E-state index contributed by atoms with van der Waals surface area (Å²) >= 11 is 0. The largest absolute Gasteiger partial charge is 0.338 e. The number of fused-ring (bicyclic) bond motifs is 1. The molecule has 0 fully saturated rings. The van der Waals surface area contributed by atoms with Gasteiger partial charge >= 0.3 is 6.03 Å². The van der Waals surface area contributed by atoms with Crippen molar-refractivity contribution in [2.75, 3.05) is 11.9 Å². The Morgan fingerprint density at radius 1 is 1.03 bits per heavy atom. The van der Waals surface area contributed by atoms with Crippen LogP contribution >= 0.6 is 0 Å². The highest BCUT2D eigenvalue weighted by Crippen LogP contribution is 2.27. The van der Waals surface area contributed by atoms with E-state index in [9.17, 15) is 22.8 Å². The second-order valence-corrected chi connectivity index (χ2v) is 8.72. The average molecular weight is 430 g/mol. The molecule has 158 valence electrons. The van der Waals surface area contributed by atoms with Gasteiger partial charge in [-0.15, -0.1) is 0 Å². The summed E-state index contributed by atoms with van der Waals surface area (Å²) in [5.74, 6) is -0.716. The zero-order chi connectivity index (χ0) is 22.1. The number of hydrogen-bond acceptors (Lipinski definition) is 5. The van der Waals surface area contributed by atoms with Crippen molar-refractivity contribution in [2.45, 2.75) is 31.2 Å². The number of anilines is 1. The number of nitrogens with one attached hydrogen (secondary N) is 2. The molecule has 3 rings (SSSR count). The molecule has 0 aliphatic carbocycles. The fourth-order valence-electron chi connectivity index (χ4n) is 3.15. The molecule has 0 unspecified atom stereocenters. The molecule has 30 heavy (non-hydrogen) atoms. The van der Waals surface area contributed by atoms with Crippen LogP contribution in [0, 0.1) is 0 Å². The first-order valence-corrected chi connectivity index (χ1v) is 10.8. The molecule has 4 N–H and O–H groups in total. The zero-order valence-electron chi connectivity index (χ0n) is 16.5. The average Bonchev–Trinajstić information content (AvgIpc) is 2.91. The first-order valence-electron chi connectivity index (χ1n) is 9.26. The molecule has 1 aliphatic heterocycles. The number of sulfonamides is 1. The van der Waals surface area contributed by atoms with Crippen LogP contribution in [-0.2, 0) is 16.4 Å². The molecule has 1 heterocycles. The summed E-state index contributed by atoms with van der Waals surface area (Å²) in [4.78, 5) is 38.1. The number of urea groups is 1. The summed E-state index contributed by atoms with van der Waals surface area (Å²) in [7, 11) is -3.74. The quantitative estimate of drug-likeness (QED) is 0.599. The van der Waals surface area contributed by atoms with Gasteiger partial charge in [-0.2, -0.15) is 0 Å². The summed E-state index contributed by atoms with van der Waals surface area (Å²) in [5, 5.41) is 10.4. The van der Waals surface area contributed by atoms with Crippen molar-refractivity contribution in [2.24, 2.45) is 5.14 Å². The summed E-state index contributed by atoms with van der Waals surface area (Å²) in [6.07, 6.45) is 0.485. The second-order valence-electron chi connectivity index (χ2n) is 7.15. The lowest BCUT2D eigenvalue weighted by Crippen LogP contribution is -2.35. The number of rotatable bonds is 6. The van der Waals surface area contributed by atoms with Crippen LogP contribution in [0.2, 0.25) is 0 Å². The molecule has 0 saturated heterocycles. The van der Waals surface area contributed by atoms with Gasteiger partial charge in [-0.05, 0) is 56.2 Å². The lowest BCUT2D eigenvalue weighted by atomic mass is 10.1. The number of carbonyl (C=O) groups excluding carboxylic acids is 3. The van der Waals surface area contributed by atoms with Crippen molar-refractivity contribution in [1.29, 1.82) is 0 Å². The number of imide groups is 1. The van der Waals surface area contributed by atoms with Gasteiger partial charge in [0.1, 0.15) is 0 Å². The number of benzene rings is 2. The summed E-state index contributed by atoms with van der Waals surface area (Å²) in [5.41, 5.74) is 1.82. The Bertz CT molecular complexity index is 1110. The molecule has 10 heteroatoms. The van der Waals surface area contributed by atoms with E-state index in [4.69, 9.17) is 5.14 Å². The predicted octanol–water partition coefficient (Wildman–Crippen LogP) is 1.70. The Morgan fingerprint density at radius 2 is 1.67 bits per heavy atom. The fourth-order valence-corrected chi connectivity index (χ4v) is 3.66. The maximum atomic E-state index is 12.4. The third-order valence-corrected chi connectivity index (χ3v) is 5.57. The standard InChI is InChI=1S/C20H22N4O5S/c1-12(2)24-18(25)16-8-5-14(11-17(16)19(24)26)23-20(27)22-10-9-13-3-6-15(7-4-13)30(21,28)29/h3-8,11-12H,9-10H2,1-2H3,(H2,21,28,29)(H2,22,23,27). The van der Waals surface area contributed by atoms with E-state index in [-0.39, 0.29) is 28.3 Å². The molecule has 0 bridgehead atoms. The zero-order valence-corrected chi connectivity index (χ0v) is 17.3. The molecule has 0 saturated carbocycles. The molecule has 2 aromatic rings. The Morgan fingerprint density at radius 3 is 2.27 bits per heavy atom. The van der Waals surface area contributed by atoms with E-state index in [0.29, 0.717) is 24.2 Å². The van der Waals surface area contributed by atoms with Gasteiger partial charge in [-0.1, -0.05) is 12.1 Å².